The maximum Gasteiger partial charge on any atom is 0.150 e. The fourth-order valence-corrected chi connectivity index (χ4v) is 4.40. The zero-order valence-electron chi connectivity index (χ0n) is 12.2. The van der Waals surface area contributed by atoms with Gasteiger partial charge in [0.05, 0.1) is 5.25 Å². The van der Waals surface area contributed by atoms with Gasteiger partial charge in [0.15, 0.2) is 0 Å². The van der Waals surface area contributed by atoms with Gasteiger partial charge in [-0.05, 0) is 43.4 Å². The third-order valence-electron chi connectivity index (χ3n) is 4.21. The zero-order valence-corrected chi connectivity index (χ0v) is 13.1. The van der Waals surface area contributed by atoms with Crippen molar-refractivity contribution in [3.63, 3.8) is 0 Å². The molecular formula is C15H24N2O2S. The first kappa shape index (κ1) is 15.4. The van der Waals surface area contributed by atoms with E-state index in [1.54, 1.807) is 6.20 Å². The van der Waals surface area contributed by atoms with Gasteiger partial charge in [-0.15, -0.1) is 0 Å². The number of sulfone groups is 1. The molecule has 1 aliphatic carbocycles. The van der Waals surface area contributed by atoms with Crippen molar-refractivity contribution in [3.05, 3.63) is 30.1 Å². The van der Waals surface area contributed by atoms with Gasteiger partial charge in [-0.3, -0.25) is 4.98 Å². The van der Waals surface area contributed by atoms with E-state index in [1.165, 1.54) is 6.26 Å². The Labute approximate surface area is 121 Å². The molecule has 1 aromatic heterocycles. The molecule has 2 rings (SSSR count). The van der Waals surface area contributed by atoms with Crippen molar-refractivity contribution in [2.75, 3.05) is 12.8 Å². The highest BCUT2D eigenvalue weighted by Gasteiger charge is 2.33. The largest absolute Gasteiger partial charge is 0.310 e. The lowest BCUT2D eigenvalue weighted by molar-refractivity contribution is 0.275. The van der Waals surface area contributed by atoms with Crippen molar-refractivity contribution in [2.24, 2.45) is 5.92 Å². The standard InChI is InChI=1S/C15H24N2O2S/c1-3-17-15(13-7-5-9-16-11-13)12-6-4-8-14(10-12)20(2,18)19/h5,7,9,11-12,14-15,17H,3-4,6,8,10H2,1-2H3. The fourth-order valence-electron chi connectivity index (χ4n) is 3.21. The second-order valence-corrected chi connectivity index (χ2v) is 8.03. The van der Waals surface area contributed by atoms with Gasteiger partial charge in [0.2, 0.25) is 0 Å². The molecule has 1 N–H and O–H groups in total. The lowest BCUT2D eigenvalue weighted by atomic mass is 9.81. The van der Waals surface area contributed by atoms with E-state index in [9.17, 15) is 8.42 Å². The molecule has 112 valence electrons. The van der Waals surface area contributed by atoms with Gasteiger partial charge in [0.25, 0.3) is 0 Å². The lowest BCUT2D eigenvalue weighted by Crippen LogP contribution is -2.35. The van der Waals surface area contributed by atoms with Gasteiger partial charge in [-0.1, -0.05) is 19.4 Å². The first-order chi connectivity index (χ1) is 9.52. The van der Waals surface area contributed by atoms with Crippen LogP contribution in [0.15, 0.2) is 24.5 Å². The minimum atomic E-state index is -2.93. The summed E-state index contributed by atoms with van der Waals surface area (Å²) in [5, 5.41) is 3.32. The molecule has 4 nitrogen and oxygen atoms in total. The molecule has 0 saturated heterocycles. The molecule has 1 aliphatic rings. The molecule has 0 radical (unpaired) electrons. The fraction of sp³-hybridized carbons (Fsp3) is 0.667. The summed E-state index contributed by atoms with van der Waals surface area (Å²) >= 11 is 0. The highest BCUT2D eigenvalue weighted by molar-refractivity contribution is 7.91. The van der Waals surface area contributed by atoms with Crippen LogP contribution in [0.4, 0.5) is 0 Å². The third-order valence-corrected chi connectivity index (χ3v) is 5.85. The summed E-state index contributed by atoms with van der Waals surface area (Å²) in [6.07, 6.45) is 8.66. The van der Waals surface area contributed by atoms with Gasteiger partial charge >= 0.3 is 0 Å². The van der Waals surface area contributed by atoms with Crippen LogP contribution >= 0.6 is 0 Å². The third kappa shape index (κ3) is 3.79. The van der Waals surface area contributed by atoms with Gasteiger partial charge in [0.1, 0.15) is 9.84 Å². The van der Waals surface area contributed by atoms with Crippen molar-refractivity contribution in [3.8, 4) is 0 Å². The van der Waals surface area contributed by atoms with E-state index >= 15 is 0 Å². The molecule has 20 heavy (non-hydrogen) atoms. The highest BCUT2D eigenvalue weighted by Crippen LogP contribution is 2.36. The Bertz CT molecular complexity index is 516. The van der Waals surface area contributed by atoms with Crippen molar-refractivity contribution < 1.29 is 8.42 Å². The number of nitrogens with one attached hydrogen (secondary N) is 1. The number of hydrogen-bond acceptors (Lipinski definition) is 4. The average molecular weight is 296 g/mol. The van der Waals surface area contributed by atoms with E-state index in [1.807, 2.05) is 12.3 Å². The average Bonchev–Trinajstić information content (AvgIpc) is 2.45. The van der Waals surface area contributed by atoms with Crippen LogP contribution in [-0.2, 0) is 9.84 Å². The monoisotopic (exact) mass is 296 g/mol. The van der Waals surface area contributed by atoms with E-state index in [0.29, 0.717) is 5.92 Å². The maximum atomic E-state index is 11.8. The number of hydrogen-bond donors (Lipinski definition) is 1. The second kappa shape index (κ2) is 6.68. The van der Waals surface area contributed by atoms with Crippen LogP contribution in [0, 0.1) is 5.92 Å². The summed E-state index contributed by atoms with van der Waals surface area (Å²) in [5.74, 6) is 0.368. The van der Waals surface area contributed by atoms with Crippen LogP contribution in [-0.4, -0.2) is 31.5 Å². The normalized spacial score (nSPS) is 25.3. The lowest BCUT2D eigenvalue weighted by Gasteiger charge is -2.34. The smallest absolute Gasteiger partial charge is 0.150 e. The molecule has 0 bridgehead atoms. The van der Waals surface area contributed by atoms with Crippen LogP contribution in [0.25, 0.3) is 0 Å². The van der Waals surface area contributed by atoms with Crippen LogP contribution in [0.1, 0.15) is 44.2 Å². The van der Waals surface area contributed by atoms with Crippen LogP contribution in [0.5, 0.6) is 0 Å². The van der Waals surface area contributed by atoms with E-state index in [0.717, 1.165) is 37.8 Å². The zero-order chi connectivity index (χ0) is 14.6. The molecule has 0 spiro atoms. The molecule has 1 saturated carbocycles. The van der Waals surface area contributed by atoms with Crippen molar-refractivity contribution in [2.45, 2.75) is 43.9 Å². The molecule has 3 unspecified atom stereocenters. The molecule has 0 amide bonds. The summed E-state index contributed by atoms with van der Waals surface area (Å²) in [6.45, 7) is 2.96. The van der Waals surface area contributed by atoms with Crippen LogP contribution < -0.4 is 5.32 Å². The Hall–Kier alpha value is -0.940. The summed E-state index contributed by atoms with van der Waals surface area (Å²) in [6, 6.07) is 4.22. The van der Waals surface area contributed by atoms with E-state index < -0.39 is 9.84 Å². The van der Waals surface area contributed by atoms with Gasteiger partial charge in [0, 0.05) is 24.7 Å². The Balaban J connectivity index is 2.17. The number of aromatic nitrogens is 1. The van der Waals surface area contributed by atoms with Crippen LogP contribution in [0.3, 0.4) is 0 Å². The molecule has 1 heterocycles. The maximum absolute atomic E-state index is 11.8. The van der Waals surface area contributed by atoms with E-state index in [2.05, 4.69) is 23.3 Å². The van der Waals surface area contributed by atoms with E-state index in [-0.39, 0.29) is 11.3 Å². The quantitative estimate of drug-likeness (QED) is 0.906. The van der Waals surface area contributed by atoms with Gasteiger partial charge in [-0.2, -0.15) is 0 Å². The minimum Gasteiger partial charge on any atom is -0.310 e. The molecule has 1 fully saturated rings. The predicted molar refractivity (Wildman–Crippen MR) is 81.2 cm³/mol. The molecule has 0 aliphatic heterocycles. The van der Waals surface area contributed by atoms with E-state index in [4.69, 9.17) is 0 Å². The number of rotatable bonds is 5. The summed E-state index contributed by atoms with van der Waals surface area (Å²) in [5.41, 5.74) is 1.16. The van der Waals surface area contributed by atoms with Crippen molar-refractivity contribution in [1.82, 2.24) is 10.3 Å². The Morgan fingerprint density at radius 2 is 2.25 bits per heavy atom. The molecule has 0 aromatic carbocycles. The van der Waals surface area contributed by atoms with Crippen molar-refractivity contribution in [1.29, 1.82) is 0 Å². The topological polar surface area (TPSA) is 59.1 Å². The van der Waals surface area contributed by atoms with Crippen molar-refractivity contribution >= 4 is 9.84 Å². The summed E-state index contributed by atoms with van der Waals surface area (Å²) < 4.78 is 23.6. The Morgan fingerprint density at radius 1 is 1.45 bits per heavy atom. The van der Waals surface area contributed by atoms with Gasteiger partial charge in [-0.25, -0.2) is 8.42 Å². The first-order valence-corrected chi connectivity index (χ1v) is 9.30. The molecule has 3 atom stereocenters. The number of pyridine rings is 1. The summed E-state index contributed by atoms with van der Waals surface area (Å²) in [4.78, 5) is 4.19. The first-order valence-electron chi connectivity index (χ1n) is 7.34. The molecular weight excluding hydrogens is 272 g/mol. The Morgan fingerprint density at radius 3 is 2.85 bits per heavy atom. The second-order valence-electron chi connectivity index (χ2n) is 5.70. The summed E-state index contributed by atoms with van der Waals surface area (Å²) in [7, 11) is -2.93. The molecule has 1 aromatic rings. The number of nitrogens with zero attached hydrogens (tertiary/aromatic N) is 1. The van der Waals surface area contributed by atoms with Crippen LogP contribution in [0.2, 0.25) is 0 Å². The minimum absolute atomic E-state index is 0.181. The predicted octanol–water partition coefficient (Wildman–Crippen LogP) is 2.34. The SMILES string of the molecule is CCNC(c1cccnc1)C1CCCC(S(C)(=O)=O)C1. The highest BCUT2D eigenvalue weighted by atomic mass is 32.2. The molecule has 5 heteroatoms. The Kier molecular flexibility index (Phi) is 5.16. The van der Waals surface area contributed by atoms with Gasteiger partial charge < -0.3 is 5.32 Å².